The highest BCUT2D eigenvalue weighted by molar-refractivity contribution is 6.33. The van der Waals surface area contributed by atoms with E-state index in [1.165, 1.54) is 11.1 Å². The third kappa shape index (κ3) is 5.99. The standard InChI is InChI=1S/C25H34ClN3O/c1-3-5-21(6-4-2)29-25(30)20-9-7-18(8-10-20)17-28-24-22-14-16-27-15-13-19(22)11-12-23(24)26/h7-12,21,27-28H,3-6,13-17H2,1-2H3,(H,29,30). The number of rotatable bonds is 9. The third-order valence-corrected chi connectivity index (χ3v) is 6.09. The van der Waals surface area contributed by atoms with Crippen LogP contribution < -0.4 is 16.0 Å². The summed E-state index contributed by atoms with van der Waals surface area (Å²) in [6, 6.07) is 12.3. The van der Waals surface area contributed by atoms with Crippen molar-refractivity contribution in [2.24, 2.45) is 0 Å². The molecule has 162 valence electrons. The molecule has 0 aromatic heterocycles. The number of nitrogens with one attached hydrogen (secondary N) is 3. The maximum absolute atomic E-state index is 12.6. The molecule has 0 saturated heterocycles. The van der Waals surface area contributed by atoms with Crippen molar-refractivity contribution < 1.29 is 4.79 Å². The summed E-state index contributed by atoms with van der Waals surface area (Å²) in [4.78, 5) is 12.6. The second-order valence-corrected chi connectivity index (χ2v) is 8.52. The number of carbonyl (C=O) groups is 1. The molecule has 30 heavy (non-hydrogen) atoms. The molecule has 0 radical (unpaired) electrons. The minimum atomic E-state index is 0.0188. The fraction of sp³-hybridized carbons (Fsp3) is 0.480. The van der Waals surface area contributed by atoms with Crippen LogP contribution in [0.4, 0.5) is 5.69 Å². The molecular formula is C25H34ClN3O. The number of amides is 1. The normalized spacial score (nSPS) is 13.6. The molecule has 0 spiro atoms. The van der Waals surface area contributed by atoms with Gasteiger partial charge in [0.25, 0.3) is 5.91 Å². The van der Waals surface area contributed by atoms with Gasteiger partial charge in [0.2, 0.25) is 0 Å². The number of anilines is 1. The van der Waals surface area contributed by atoms with E-state index in [0.29, 0.717) is 12.1 Å². The zero-order valence-corrected chi connectivity index (χ0v) is 18.9. The van der Waals surface area contributed by atoms with Gasteiger partial charge in [-0.05, 0) is 73.7 Å². The molecule has 1 aliphatic rings. The molecule has 0 unspecified atom stereocenters. The lowest BCUT2D eigenvalue weighted by molar-refractivity contribution is 0.0932. The van der Waals surface area contributed by atoms with E-state index in [1.54, 1.807) is 0 Å². The summed E-state index contributed by atoms with van der Waals surface area (Å²) in [6.45, 7) is 6.98. The Kier molecular flexibility index (Phi) is 8.59. The predicted octanol–water partition coefficient (Wildman–Crippen LogP) is 5.34. The lowest BCUT2D eigenvalue weighted by atomic mass is 10.0. The van der Waals surface area contributed by atoms with Crippen molar-refractivity contribution >= 4 is 23.2 Å². The summed E-state index contributed by atoms with van der Waals surface area (Å²) in [6.07, 6.45) is 6.23. The summed E-state index contributed by atoms with van der Waals surface area (Å²) in [7, 11) is 0. The molecule has 3 rings (SSSR count). The minimum Gasteiger partial charge on any atom is -0.380 e. The van der Waals surface area contributed by atoms with Crippen LogP contribution in [0.25, 0.3) is 0 Å². The van der Waals surface area contributed by atoms with E-state index < -0.39 is 0 Å². The van der Waals surface area contributed by atoms with Crippen molar-refractivity contribution in [2.45, 2.75) is 65.0 Å². The SMILES string of the molecule is CCCC(CCC)NC(=O)c1ccc(CNc2c(Cl)ccc3c2CCNCC3)cc1. The van der Waals surface area contributed by atoms with Gasteiger partial charge in [0.15, 0.2) is 0 Å². The van der Waals surface area contributed by atoms with E-state index in [-0.39, 0.29) is 11.9 Å². The Morgan fingerprint density at radius 2 is 1.73 bits per heavy atom. The molecule has 0 aliphatic carbocycles. The number of hydrogen-bond acceptors (Lipinski definition) is 3. The maximum atomic E-state index is 12.6. The van der Waals surface area contributed by atoms with Gasteiger partial charge in [-0.25, -0.2) is 0 Å². The molecule has 0 fully saturated rings. The van der Waals surface area contributed by atoms with Crippen LogP contribution in [-0.2, 0) is 19.4 Å². The molecule has 0 atom stereocenters. The Balaban J connectivity index is 1.63. The molecule has 2 aromatic rings. The van der Waals surface area contributed by atoms with Gasteiger partial charge in [-0.2, -0.15) is 0 Å². The highest BCUT2D eigenvalue weighted by atomic mass is 35.5. The van der Waals surface area contributed by atoms with Crippen LogP contribution in [0, 0.1) is 0 Å². The molecular weight excluding hydrogens is 394 g/mol. The Labute approximate surface area is 185 Å². The largest absolute Gasteiger partial charge is 0.380 e. The number of halogens is 1. The lowest BCUT2D eigenvalue weighted by Gasteiger charge is -2.18. The quantitative estimate of drug-likeness (QED) is 0.506. The van der Waals surface area contributed by atoms with Gasteiger partial charge >= 0.3 is 0 Å². The van der Waals surface area contributed by atoms with Gasteiger partial charge in [0.05, 0.1) is 10.7 Å². The van der Waals surface area contributed by atoms with E-state index in [9.17, 15) is 4.79 Å². The Hall–Kier alpha value is -2.04. The molecule has 0 bridgehead atoms. The average molecular weight is 428 g/mol. The fourth-order valence-electron chi connectivity index (χ4n) is 4.15. The van der Waals surface area contributed by atoms with Gasteiger partial charge in [0.1, 0.15) is 0 Å². The highest BCUT2D eigenvalue weighted by Gasteiger charge is 2.15. The first-order valence-corrected chi connectivity index (χ1v) is 11.6. The second-order valence-electron chi connectivity index (χ2n) is 8.11. The molecule has 4 nitrogen and oxygen atoms in total. The summed E-state index contributed by atoms with van der Waals surface area (Å²) in [5.41, 5.74) is 5.58. The Bertz CT molecular complexity index is 829. The summed E-state index contributed by atoms with van der Waals surface area (Å²) in [5.74, 6) is 0.0188. The average Bonchev–Trinajstić information content (AvgIpc) is 2.99. The predicted molar refractivity (Wildman–Crippen MR) is 127 cm³/mol. The first-order valence-electron chi connectivity index (χ1n) is 11.3. The third-order valence-electron chi connectivity index (χ3n) is 5.78. The molecule has 5 heteroatoms. The second kappa shape index (κ2) is 11.4. The van der Waals surface area contributed by atoms with E-state index in [0.717, 1.165) is 67.9 Å². The fourth-order valence-corrected chi connectivity index (χ4v) is 4.40. The number of fused-ring (bicyclic) bond motifs is 1. The van der Waals surface area contributed by atoms with E-state index >= 15 is 0 Å². The summed E-state index contributed by atoms with van der Waals surface area (Å²) in [5, 5.41) is 10.9. The summed E-state index contributed by atoms with van der Waals surface area (Å²) >= 11 is 6.51. The van der Waals surface area contributed by atoms with Crippen molar-refractivity contribution in [2.75, 3.05) is 18.4 Å². The minimum absolute atomic E-state index is 0.0188. The Morgan fingerprint density at radius 1 is 1.03 bits per heavy atom. The van der Waals surface area contributed by atoms with E-state index in [1.807, 2.05) is 30.3 Å². The topological polar surface area (TPSA) is 53.2 Å². The van der Waals surface area contributed by atoms with Gasteiger partial charge in [-0.3, -0.25) is 4.79 Å². The van der Waals surface area contributed by atoms with Crippen molar-refractivity contribution in [3.8, 4) is 0 Å². The zero-order valence-electron chi connectivity index (χ0n) is 18.2. The van der Waals surface area contributed by atoms with Crippen LogP contribution in [0.2, 0.25) is 5.02 Å². The van der Waals surface area contributed by atoms with Crippen LogP contribution in [0.5, 0.6) is 0 Å². The molecule has 1 aliphatic heterocycles. The lowest BCUT2D eigenvalue weighted by Crippen LogP contribution is -2.34. The van der Waals surface area contributed by atoms with Crippen molar-refractivity contribution in [1.29, 1.82) is 0 Å². The van der Waals surface area contributed by atoms with Crippen LogP contribution in [0.15, 0.2) is 36.4 Å². The maximum Gasteiger partial charge on any atom is 0.251 e. The van der Waals surface area contributed by atoms with Crippen molar-refractivity contribution in [3.05, 3.63) is 63.7 Å². The molecule has 2 aromatic carbocycles. The van der Waals surface area contributed by atoms with Gasteiger partial charge in [-0.1, -0.05) is 56.5 Å². The van der Waals surface area contributed by atoms with Crippen molar-refractivity contribution in [1.82, 2.24) is 10.6 Å². The monoisotopic (exact) mass is 427 g/mol. The van der Waals surface area contributed by atoms with Crippen LogP contribution in [-0.4, -0.2) is 25.0 Å². The van der Waals surface area contributed by atoms with E-state index in [4.69, 9.17) is 11.6 Å². The number of benzene rings is 2. The molecule has 0 saturated carbocycles. The number of hydrogen-bond donors (Lipinski definition) is 3. The van der Waals surface area contributed by atoms with Crippen molar-refractivity contribution in [3.63, 3.8) is 0 Å². The van der Waals surface area contributed by atoms with E-state index in [2.05, 4.69) is 35.9 Å². The molecule has 1 heterocycles. The molecule has 1 amide bonds. The highest BCUT2D eigenvalue weighted by Crippen LogP contribution is 2.31. The van der Waals surface area contributed by atoms with Crippen LogP contribution >= 0.6 is 11.6 Å². The van der Waals surface area contributed by atoms with Gasteiger partial charge < -0.3 is 16.0 Å². The van der Waals surface area contributed by atoms with Crippen LogP contribution in [0.3, 0.4) is 0 Å². The zero-order chi connectivity index (χ0) is 21.3. The van der Waals surface area contributed by atoms with Crippen LogP contribution in [0.1, 0.15) is 66.6 Å². The smallest absolute Gasteiger partial charge is 0.251 e. The first-order chi connectivity index (χ1) is 14.6. The summed E-state index contributed by atoms with van der Waals surface area (Å²) < 4.78 is 0. The van der Waals surface area contributed by atoms with Gasteiger partial charge in [0, 0.05) is 18.2 Å². The van der Waals surface area contributed by atoms with Gasteiger partial charge in [-0.15, -0.1) is 0 Å². The first kappa shape index (κ1) is 22.6. The number of carbonyl (C=O) groups excluding carboxylic acids is 1. The Morgan fingerprint density at radius 3 is 2.43 bits per heavy atom. The molecule has 3 N–H and O–H groups in total.